The molecule has 0 aromatic heterocycles. The van der Waals surface area contributed by atoms with Gasteiger partial charge in [0, 0.05) is 18.2 Å². The van der Waals surface area contributed by atoms with E-state index >= 15 is 0 Å². The van der Waals surface area contributed by atoms with Gasteiger partial charge in [-0.1, -0.05) is 42.5 Å². The number of para-hydroxylation sites is 1. The molecule has 1 heterocycles. The van der Waals surface area contributed by atoms with Crippen LogP contribution in [0.2, 0.25) is 0 Å². The van der Waals surface area contributed by atoms with Crippen LogP contribution in [0.1, 0.15) is 31.7 Å². The standard InChI is InChI=1S/C19H26NO3P/c1-3-22-24(21,23-4-2)15-9-14-20-18-12-7-5-10-16(18)17-11-6-8-13-19(17)20/h5-8,10-13,16,18H,3-4,9,14-15H2,1-2H3. The minimum Gasteiger partial charge on any atom is -0.364 e. The predicted molar refractivity (Wildman–Crippen MR) is 98.9 cm³/mol. The Hall–Kier alpha value is -1.35. The van der Waals surface area contributed by atoms with Crippen molar-refractivity contribution < 1.29 is 13.6 Å². The van der Waals surface area contributed by atoms with Gasteiger partial charge >= 0.3 is 7.60 Å². The van der Waals surface area contributed by atoms with E-state index in [-0.39, 0.29) is 0 Å². The van der Waals surface area contributed by atoms with Gasteiger partial charge in [0.15, 0.2) is 0 Å². The van der Waals surface area contributed by atoms with Crippen LogP contribution < -0.4 is 4.90 Å². The summed E-state index contributed by atoms with van der Waals surface area (Å²) in [6.07, 6.45) is 10.0. The maximum atomic E-state index is 12.6. The molecule has 130 valence electrons. The van der Waals surface area contributed by atoms with Crippen molar-refractivity contribution in [3.63, 3.8) is 0 Å². The third kappa shape index (κ3) is 3.51. The molecule has 5 heteroatoms. The monoisotopic (exact) mass is 347 g/mol. The van der Waals surface area contributed by atoms with E-state index in [1.165, 1.54) is 11.3 Å². The predicted octanol–water partition coefficient (Wildman–Crippen LogP) is 4.74. The summed E-state index contributed by atoms with van der Waals surface area (Å²) < 4.78 is 23.4. The van der Waals surface area contributed by atoms with Crippen molar-refractivity contribution in [3.05, 3.63) is 54.1 Å². The Morgan fingerprint density at radius 3 is 2.54 bits per heavy atom. The van der Waals surface area contributed by atoms with Gasteiger partial charge in [-0.2, -0.15) is 0 Å². The van der Waals surface area contributed by atoms with E-state index in [2.05, 4.69) is 53.5 Å². The van der Waals surface area contributed by atoms with Crippen LogP contribution in [0.5, 0.6) is 0 Å². The number of nitrogens with zero attached hydrogens (tertiary/aromatic N) is 1. The number of hydrogen-bond acceptors (Lipinski definition) is 4. The smallest absolute Gasteiger partial charge is 0.330 e. The van der Waals surface area contributed by atoms with Crippen molar-refractivity contribution >= 4 is 13.3 Å². The molecule has 0 bridgehead atoms. The number of allylic oxidation sites excluding steroid dienone is 2. The second-order valence-corrected chi connectivity index (χ2v) is 8.25. The Morgan fingerprint density at radius 1 is 1.08 bits per heavy atom. The average molecular weight is 347 g/mol. The van der Waals surface area contributed by atoms with Gasteiger partial charge in [0.2, 0.25) is 0 Å². The molecule has 2 unspecified atom stereocenters. The van der Waals surface area contributed by atoms with Crippen LogP contribution >= 0.6 is 7.60 Å². The molecule has 0 radical (unpaired) electrons. The SMILES string of the molecule is CCOP(=O)(CCCN1c2ccccc2C2C=CC=CC21)OCC. The number of anilines is 1. The summed E-state index contributed by atoms with van der Waals surface area (Å²) >= 11 is 0. The van der Waals surface area contributed by atoms with Crippen molar-refractivity contribution in [2.24, 2.45) is 0 Å². The highest BCUT2D eigenvalue weighted by Crippen LogP contribution is 2.49. The van der Waals surface area contributed by atoms with E-state index in [4.69, 9.17) is 9.05 Å². The largest absolute Gasteiger partial charge is 0.364 e. The van der Waals surface area contributed by atoms with Crippen molar-refractivity contribution in [3.8, 4) is 0 Å². The highest BCUT2D eigenvalue weighted by molar-refractivity contribution is 7.53. The van der Waals surface area contributed by atoms with E-state index in [0.29, 0.717) is 31.3 Å². The Kier molecular flexibility index (Phi) is 5.60. The van der Waals surface area contributed by atoms with Gasteiger partial charge < -0.3 is 13.9 Å². The number of rotatable bonds is 8. The lowest BCUT2D eigenvalue weighted by Crippen LogP contribution is -2.34. The zero-order valence-corrected chi connectivity index (χ0v) is 15.3. The molecule has 0 amide bonds. The first-order valence-corrected chi connectivity index (χ1v) is 10.5. The first-order valence-electron chi connectivity index (χ1n) is 8.77. The molecule has 0 saturated carbocycles. The van der Waals surface area contributed by atoms with E-state index in [1.807, 2.05) is 13.8 Å². The Balaban J connectivity index is 1.70. The Labute approximate surface area is 144 Å². The fraction of sp³-hybridized carbons (Fsp3) is 0.474. The van der Waals surface area contributed by atoms with Crippen LogP contribution in [-0.2, 0) is 13.6 Å². The van der Waals surface area contributed by atoms with E-state index < -0.39 is 7.60 Å². The molecule has 2 atom stereocenters. The lowest BCUT2D eigenvalue weighted by molar-refractivity contribution is 0.220. The molecular weight excluding hydrogens is 321 g/mol. The molecule has 1 aliphatic carbocycles. The normalized spacial score (nSPS) is 21.8. The second-order valence-electron chi connectivity index (χ2n) is 6.06. The Bertz CT molecular complexity index is 660. The van der Waals surface area contributed by atoms with Gasteiger partial charge in [-0.05, 0) is 31.9 Å². The zero-order chi connectivity index (χ0) is 17.0. The van der Waals surface area contributed by atoms with Gasteiger partial charge in [-0.3, -0.25) is 4.57 Å². The molecule has 1 aromatic carbocycles. The molecule has 0 saturated heterocycles. The molecule has 3 rings (SSSR count). The quantitative estimate of drug-likeness (QED) is 0.637. The van der Waals surface area contributed by atoms with Gasteiger partial charge in [0.1, 0.15) is 0 Å². The molecule has 0 N–H and O–H groups in total. The molecule has 2 aliphatic rings. The van der Waals surface area contributed by atoms with Crippen LogP contribution in [0.15, 0.2) is 48.6 Å². The lowest BCUT2D eigenvalue weighted by Gasteiger charge is -2.29. The summed E-state index contributed by atoms with van der Waals surface area (Å²) in [6, 6.07) is 8.93. The first kappa shape index (κ1) is 17.5. The fourth-order valence-corrected chi connectivity index (χ4v) is 5.28. The van der Waals surface area contributed by atoms with Crippen molar-refractivity contribution in [2.75, 3.05) is 30.8 Å². The third-order valence-corrected chi connectivity index (χ3v) is 6.72. The van der Waals surface area contributed by atoms with Crippen molar-refractivity contribution in [2.45, 2.75) is 32.2 Å². The van der Waals surface area contributed by atoms with Gasteiger partial charge in [-0.15, -0.1) is 0 Å². The third-order valence-electron chi connectivity index (χ3n) is 4.55. The molecule has 0 spiro atoms. The fourth-order valence-electron chi connectivity index (χ4n) is 3.64. The summed E-state index contributed by atoms with van der Waals surface area (Å²) in [5.41, 5.74) is 2.66. The molecule has 1 aliphatic heterocycles. The molecule has 24 heavy (non-hydrogen) atoms. The molecule has 4 nitrogen and oxygen atoms in total. The summed E-state index contributed by atoms with van der Waals surface area (Å²) in [5, 5.41) is 0. The van der Waals surface area contributed by atoms with Crippen LogP contribution in [-0.4, -0.2) is 32.0 Å². The Morgan fingerprint density at radius 2 is 1.79 bits per heavy atom. The van der Waals surface area contributed by atoms with Crippen LogP contribution in [0, 0.1) is 0 Å². The number of hydrogen-bond donors (Lipinski definition) is 0. The maximum Gasteiger partial charge on any atom is 0.330 e. The zero-order valence-electron chi connectivity index (χ0n) is 14.4. The topological polar surface area (TPSA) is 38.8 Å². The number of benzene rings is 1. The highest BCUT2D eigenvalue weighted by atomic mass is 31.2. The first-order chi connectivity index (χ1) is 11.7. The summed E-state index contributed by atoms with van der Waals surface area (Å²) in [6.45, 7) is 5.39. The average Bonchev–Trinajstić information content (AvgIpc) is 2.90. The van der Waals surface area contributed by atoms with Crippen LogP contribution in [0.3, 0.4) is 0 Å². The van der Waals surface area contributed by atoms with E-state index in [1.54, 1.807) is 0 Å². The van der Waals surface area contributed by atoms with E-state index in [9.17, 15) is 4.57 Å². The lowest BCUT2D eigenvalue weighted by atomic mass is 9.91. The van der Waals surface area contributed by atoms with Crippen LogP contribution in [0.4, 0.5) is 5.69 Å². The summed E-state index contributed by atoms with van der Waals surface area (Å²) in [7, 11) is -2.96. The maximum absolute atomic E-state index is 12.6. The molecular formula is C19H26NO3P. The van der Waals surface area contributed by atoms with Gasteiger partial charge in [-0.25, -0.2) is 0 Å². The summed E-state index contributed by atoms with van der Waals surface area (Å²) in [5.74, 6) is 0.414. The second kappa shape index (κ2) is 7.69. The van der Waals surface area contributed by atoms with E-state index in [0.717, 1.165) is 13.0 Å². The van der Waals surface area contributed by atoms with Gasteiger partial charge in [0.25, 0.3) is 0 Å². The highest BCUT2D eigenvalue weighted by Gasteiger charge is 2.36. The van der Waals surface area contributed by atoms with Crippen LogP contribution in [0.25, 0.3) is 0 Å². The summed E-state index contributed by atoms with van der Waals surface area (Å²) in [4.78, 5) is 2.42. The minimum atomic E-state index is -2.96. The van der Waals surface area contributed by atoms with Crippen molar-refractivity contribution in [1.29, 1.82) is 0 Å². The molecule has 1 aromatic rings. The minimum absolute atomic E-state index is 0.353. The number of fused-ring (bicyclic) bond motifs is 3. The van der Waals surface area contributed by atoms with Crippen molar-refractivity contribution in [1.82, 2.24) is 0 Å². The molecule has 0 fully saturated rings. The van der Waals surface area contributed by atoms with Gasteiger partial charge in [0.05, 0.1) is 25.4 Å².